The summed E-state index contributed by atoms with van der Waals surface area (Å²) in [4.78, 5) is 13.7. The van der Waals surface area contributed by atoms with E-state index in [9.17, 15) is 9.36 Å². The van der Waals surface area contributed by atoms with Crippen LogP contribution in [0, 0.1) is 0 Å². The Hall–Kier alpha value is -0.870. The van der Waals surface area contributed by atoms with Crippen LogP contribution >= 0.6 is 7.60 Å². The first kappa shape index (κ1) is 13.1. The maximum atomic E-state index is 11.9. The normalized spacial score (nSPS) is 15.4. The molecule has 0 aromatic rings. The molecule has 0 aromatic carbocycles. The Balaban J connectivity index is 5.52. The van der Waals surface area contributed by atoms with E-state index in [-0.39, 0.29) is 0 Å². The predicted octanol–water partition coefficient (Wildman–Crippen LogP) is 2.09. The van der Waals surface area contributed by atoms with Crippen LogP contribution in [0.2, 0.25) is 0 Å². The lowest BCUT2D eigenvalue weighted by atomic mass is 10.2. The summed E-state index contributed by atoms with van der Waals surface area (Å²) in [5.41, 5.74) is 8.28. The minimum atomic E-state index is -3.75. The van der Waals surface area contributed by atoms with Crippen molar-refractivity contribution in [3.63, 3.8) is 0 Å². The van der Waals surface area contributed by atoms with E-state index in [1.165, 1.54) is 6.92 Å². The average molecular weight is 221 g/mol. The van der Waals surface area contributed by atoms with Gasteiger partial charge in [-0.05, 0) is 19.4 Å². The Morgan fingerprint density at radius 2 is 1.93 bits per heavy atom. The van der Waals surface area contributed by atoms with E-state index in [1.807, 2.05) is 0 Å². The Bertz CT molecular complexity index is 313. The van der Waals surface area contributed by atoms with Gasteiger partial charge in [0.1, 0.15) is 0 Å². The summed E-state index contributed by atoms with van der Waals surface area (Å²) in [6, 6.07) is 0. The standard InChI is InChI=1S/C6H12N3O4P/c1-5(10)6(2,8-9-7)14(11,12-3)13-4/h1-4H3. The molecule has 0 rings (SSSR count). The number of ketones is 1. The minimum absolute atomic E-state index is 0.581. The Labute approximate surface area is 81.5 Å². The molecule has 0 aliphatic heterocycles. The molecule has 7 nitrogen and oxygen atoms in total. The monoisotopic (exact) mass is 221 g/mol. The molecule has 0 amide bonds. The number of Topliss-reactive ketones (excluding diaryl/α,β-unsaturated/α-hetero) is 1. The van der Waals surface area contributed by atoms with Crippen molar-refractivity contribution in [2.24, 2.45) is 5.11 Å². The maximum Gasteiger partial charge on any atom is 0.349 e. The molecule has 0 heterocycles. The summed E-state index contributed by atoms with van der Waals surface area (Å²) in [5, 5.41) is 1.37. The topological polar surface area (TPSA) is 101 Å². The Kier molecular flexibility index (Phi) is 4.29. The molecular weight excluding hydrogens is 209 g/mol. The van der Waals surface area contributed by atoms with Crippen molar-refractivity contribution in [1.29, 1.82) is 0 Å². The van der Waals surface area contributed by atoms with E-state index >= 15 is 0 Å². The summed E-state index contributed by atoms with van der Waals surface area (Å²) < 4.78 is 21.1. The van der Waals surface area contributed by atoms with Gasteiger partial charge in [-0.1, -0.05) is 5.11 Å². The summed E-state index contributed by atoms with van der Waals surface area (Å²) in [7, 11) is -1.50. The van der Waals surface area contributed by atoms with Crippen molar-refractivity contribution in [2.75, 3.05) is 14.2 Å². The molecule has 0 radical (unpaired) electrons. The highest BCUT2D eigenvalue weighted by molar-refractivity contribution is 7.56. The average Bonchev–Trinajstić information content (AvgIpc) is 2.16. The number of carbonyl (C=O) groups excluding carboxylic acids is 1. The largest absolute Gasteiger partial charge is 0.349 e. The quantitative estimate of drug-likeness (QED) is 0.307. The maximum absolute atomic E-state index is 11.9. The van der Waals surface area contributed by atoms with Crippen molar-refractivity contribution in [3.05, 3.63) is 10.4 Å². The van der Waals surface area contributed by atoms with Crippen LogP contribution in [0.25, 0.3) is 10.4 Å². The lowest BCUT2D eigenvalue weighted by Gasteiger charge is -2.27. The molecule has 0 saturated heterocycles. The lowest BCUT2D eigenvalue weighted by Crippen LogP contribution is -2.31. The van der Waals surface area contributed by atoms with Gasteiger partial charge in [0, 0.05) is 19.1 Å². The van der Waals surface area contributed by atoms with Gasteiger partial charge in [0.15, 0.2) is 5.78 Å². The molecule has 80 valence electrons. The van der Waals surface area contributed by atoms with Crippen molar-refractivity contribution < 1.29 is 18.4 Å². The molecule has 14 heavy (non-hydrogen) atoms. The fourth-order valence-corrected chi connectivity index (χ4v) is 2.23. The molecule has 1 atom stereocenters. The highest BCUT2D eigenvalue weighted by Crippen LogP contribution is 2.59. The molecule has 0 aromatic heterocycles. The molecule has 0 saturated carbocycles. The summed E-state index contributed by atoms with van der Waals surface area (Å²) >= 11 is 0. The number of hydrogen-bond donors (Lipinski definition) is 0. The van der Waals surface area contributed by atoms with Crippen LogP contribution in [0.3, 0.4) is 0 Å². The van der Waals surface area contributed by atoms with Gasteiger partial charge in [0.05, 0.1) is 0 Å². The van der Waals surface area contributed by atoms with Crippen LogP contribution in [0.1, 0.15) is 13.8 Å². The number of nitrogens with zero attached hydrogens (tertiary/aromatic N) is 3. The number of rotatable bonds is 5. The predicted molar refractivity (Wildman–Crippen MR) is 49.9 cm³/mol. The second kappa shape index (κ2) is 4.57. The molecule has 0 spiro atoms. The Morgan fingerprint density at radius 1 is 1.50 bits per heavy atom. The van der Waals surface area contributed by atoms with Gasteiger partial charge in [-0.3, -0.25) is 9.36 Å². The molecule has 8 heteroatoms. The highest BCUT2D eigenvalue weighted by Gasteiger charge is 2.49. The van der Waals surface area contributed by atoms with Crippen LogP contribution in [-0.2, 0) is 18.4 Å². The molecule has 1 unspecified atom stereocenters. The van der Waals surface area contributed by atoms with Crippen LogP contribution in [0.5, 0.6) is 0 Å². The van der Waals surface area contributed by atoms with E-state index in [2.05, 4.69) is 19.1 Å². The second-order valence-corrected chi connectivity index (χ2v) is 5.23. The third-order valence-corrected chi connectivity index (χ3v) is 4.35. The van der Waals surface area contributed by atoms with E-state index in [1.54, 1.807) is 0 Å². The van der Waals surface area contributed by atoms with Crippen LogP contribution < -0.4 is 0 Å². The van der Waals surface area contributed by atoms with E-state index in [0.717, 1.165) is 21.1 Å². The van der Waals surface area contributed by atoms with Gasteiger partial charge in [-0.25, -0.2) is 0 Å². The van der Waals surface area contributed by atoms with Crippen molar-refractivity contribution in [2.45, 2.75) is 19.1 Å². The fraction of sp³-hybridized carbons (Fsp3) is 0.833. The van der Waals surface area contributed by atoms with Crippen molar-refractivity contribution in [3.8, 4) is 0 Å². The van der Waals surface area contributed by atoms with Gasteiger partial charge in [0.2, 0.25) is 5.28 Å². The fourth-order valence-electron chi connectivity index (χ4n) is 0.835. The third kappa shape index (κ3) is 1.96. The first-order chi connectivity index (χ1) is 6.38. The zero-order valence-electron chi connectivity index (χ0n) is 8.42. The van der Waals surface area contributed by atoms with E-state index in [4.69, 9.17) is 5.53 Å². The molecule has 0 aliphatic carbocycles. The SMILES string of the molecule is COP(=O)(OC)C(C)(N=[N+]=[N-])C(C)=O. The summed E-state index contributed by atoms with van der Waals surface area (Å²) in [6.07, 6.45) is 0. The first-order valence-corrected chi connectivity index (χ1v) is 5.21. The first-order valence-electron chi connectivity index (χ1n) is 3.67. The second-order valence-electron chi connectivity index (χ2n) is 2.63. The number of hydrogen-bond acceptors (Lipinski definition) is 5. The summed E-state index contributed by atoms with van der Waals surface area (Å²) in [6.45, 7) is 2.36. The third-order valence-electron chi connectivity index (χ3n) is 1.92. The molecule has 0 fully saturated rings. The molecule has 0 N–H and O–H groups in total. The smallest absolute Gasteiger partial charge is 0.311 e. The van der Waals surface area contributed by atoms with E-state index in [0.29, 0.717) is 0 Å². The lowest BCUT2D eigenvalue weighted by molar-refractivity contribution is -0.119. The van der Waals surface area contributed by atoms with Gasteiger partial charge >= 0.3 is 7.60 Å². The van der Waals surface area contributed by atoms with Gasteiger partial charge in [0.25, 0.3) is 0 Å². The van der Waals surface area contributed by atoms with Crippen LogP contribution in [0.4, 0.5) is 0 Å². The zero-order valence-corrected chi connectivity index (χ0v) is 9.32. The zero-order chi connectivity index (χ0) is 11.4. The molecule has 0 aliphatic rings. The van der Waals surface area contributed by atoms with Gasteiger partial charge < -0.3 is 9.05 Å². The van der Waals surface area contributed by atoms with Gasteiger partial charge in [-0.2, -0.15) is 0 Å². The number of azide groups is 1. The molecule has 0 bridgehead atoms. The van der Waals surface area contributed by atoms with Crippen LogP contribution in [0.15, 0.2) is 5.11 Å². The van der Waals surface area contributed by atoms with Gasteiger partial charge in [-0.15, -0.1) is 0 Å². The van der Waals surface area contributed by atoms with Crippen molar-refractivity contribution in [1.82, 2.24) is 0 Å². The number of carbonyl (C=O) groups is 1. The van der Waals surface area contributed by atoms with Crippen molar-refractivity contribution >= 4 is 13.4 Å². The minimum Gasteiger partial charge on any atom is -0.311 e. The van der Waals surface area contributed by atoms with E-state index < -0.39 is 18.7 Å². The highest BCUT2D eigenvalue weighted by atomic mass is 31.2. The summed E-state index contributed by atoms with van der Waals surface area (Å²) in [5.74, 6) is -0.581. The van der Waals surface area contributed by atoms with Crippen LogP contribution in [-0.4, -0.2) is 25.3 Å². The molecular formula is C6H12N3O4P. The Morgan fingerprint density at radius 3 is 2.14 bits per heavy atom.